The second-order valence-electron chi connectivity index (χ2n) is 7.15. The molecule has 1 heterocycles. The fraction of sp³-hybridized carbons (Fsp3) is 0.318. The van der Waals surface area contributed by atoms with E-state index in [9.17, 15) is 9.18 Å². The minimum atomic E-state index is -0.370. The van der Waals surface area contributed by atoms with Gasteiger partial charge in [-0.05, 0) is 43.2 Å². The third-order valence-electron chi connectivity index (χ3n) is 5.02. The first-order valence-electron chi connectivity index (χ1n) is 9.90. The standard InChI is InChI=1S/C22H23FN4O3/c1-29-11-12-30-22-25-20(16-7-3-8-17(23)13-16)27(26-22)19-10-4-9-18(14-19)24-21(28)15-5-2-6-15/h3-4,7-10,13-15H,2,5-6,11-12H2,1H3,(H,24,28). The molecular weight excluding hydrogens is 387 g/mol. The van der Waals surface area contributed by atoms with Crippen LogP contribution in [0.4, 0.5) is 10.1 Å². The highest BCUT2D eigenvalue weighted by Crippen LogP contribution is 2.29. The molecule has 1 aliphatic rings. The van der Waals surface area contributed by atoms with Crippen molar-refractivity contribution in [1.82, 2.24) is 14.8 Å². The average molecular weight is 410 g/mol. The van der Waals surface area contributed by atoms with Crippen LogP contribution in [0.3, 0.4) is 0 Å². The first-order chi connectivity index (χ1) is 14.6. The lowest BCUT2D eigenvalue weighted by atomic mass is 9.85. The van der Waals surface area contributed by atoms with Gasteiger partial charge in [-0.1, -0.05) is 24.6 Å². The molecule has 0 bridgehead atoms. The third kappa shape index (κ3) is 4.49. The maximum atomic E-state index is 13.8. The highest BCUT2D eigenvalue weighted by Gasteiger charge is 2.25. The van der Waals surface area contributed by atoms with Crippen LogP contribution in [-0.2, 0) is 9.53 Å². The zero-order valence-electron chi connectivity index (χ0n) is 16.7. The van der Waals surface area contributed by atoms with E-state index in [1.807, 2.05) is 24.3 Å². The number of aromatic nitrogens is 3. The topological polar surface area (TPSA) is 78.3 Å². The van der Waals surface area contributed by atoms with Gasteiger partial charge in [0, 0.05) is 24.3 Å². The molecule has 0 saturated heterocycles. The number of benzene rings is 2. The number of anilines is 1. The van der Waals surface area contributed by atoms with Crippen LogP contribution in [0.1, 0.15) is 19.3 Å². The summed E-state index contributed by atoms with van der Waals surface area (Å²) in [5.74, 6) is 0.185. The fourth-order valence-electron chi connectivity index (χ4n) is 3.20. The molecule has 2 aromatic carbocycles. The molecular formula is C22H23FN4O3. The predicted molar refractivity (Wildman–Crippen MR) is 110 cm³/mol. The van der Waals surface area contributed by atoms with Crippen molar-refractivity contribution in [3.63, 3.8) is 0 Å². The number of hydrogen-bond donors (Lipinski definition) is 1. The van der Waals surface area contributed by atoms with Gasteiger partial charge in [0.2, 0.25) is 5.91 Å². The number of carbonyl (C=O) groups excluding carboxylic acids is 1. The number of hydrogen-bond acceptors (Lipinski definition) is 5. The summed E-state index contributed by atoms with van der Waals surface area (Å²) in [6, 6.07) is 13.6. The van der Waals surface area contributed by atoms with Crippen molar-refractivity contribution in [2.24, 2.45) is 5.92 Å². The Balaban J connectivity index is 1.66. The second-order valence-corrected chi connectivity index (χ2v) is 7.15. The van der Waals surface area contributed by atoms with Crippen LogP contribution in [-0.4, -0.2) is 41.0 Å². The number of nitrogens with zero attached hydrogens (tertiary/aromatic N) is 3. The Morgan fingerprint density at radius 2 is 2.03 bits per heavy atom. The lowest BCUT2D eigenvalue weighted by molar-refractivity contribution is -0.122. The molecule has 7 nitrogen and oxygen atoms in total. The van der Waals surface area contributed by atoms with Crippen molar-refractivity contribution in [3.8, 4) is 23.1 Å². The van der Waals surface area contributed by atoms with Gasteiger partial charge in [0.15, 0.2) is 5.82 Å². The fourth-order valence-corrected chi connectivity index (χ4v) is 3.20. The van der Waals surface area contributed by atoms with E-state index in [2.05, 4.69) is 15.4 Å². The van der Waals surface area contributed by atoms with Crippen molar-refractivity contribution in [2.45, 2.75) is 19.3 Å². The summed E-state index contributed by atoms with van der Waals surface area (Å²) < 4.78 is 25.9. The molecule has 156 valence electrons. The Morgan fingerprint density at radius 1 is 1.20 bits per heavy atom. The van der Waals surface area contributed by atoms with Crippen molar-refractivity contribution >= 4 is 11.6 Å². The van der Waals surface area contributed by atoms with Gasteiger partial charge in [0.05, 0.1) is 12.3 Å². The maximum absolute atomic E-state index is 13.8. The maximum Gasteiger partial charge on any atom is 0.336 e. The largest absolute Gasteiger partial charge is 0.460 e. The number of ether oxygens (including phenoxy) is 2. The van der Waals surface area contributed by atoms with Gasteiger partial charge >= 0.3 is 6.01 Å². The Morgan fingerprint density at radius 3 is 2.77 bits per heavy atom. The van der Waals surface area contributed by atoms with Crippen LogP contribution in [0.5, 0.6) is 6.01 Å². The zero-order valence-corrected chi connectivity index (χ0v) is 16.7. The highest BCUT2D eigenvalue weighted by molar-refractivity contribution is 5.93. The van der Waals surface area contributed by atoms with Crippen LogP contribution in [0.25, 0.3) is 17.1 Å². The van der Waals surface area contributed by atoms with Crippen LogP contribution in [0.15, 0.2) is 48.5 Å². The van der Waals surface area contributed by atoms with Gasteiger partial charge < -0.3 is 14.8 Å². The van der Waals surface area contributed by atoms with Crippen molar-refractivity contribution < 1.29 is 18.7 Å². The summed E-state index contributed by atoms with van der Waals surface area (Å²) in [7, 11) is 1.58. The van der Waals surface area contributed by atoms with Gasteiger partial charge in [-0.3, -0.25) is 4.79 Å². The Hall–Kier alpha value is -3.26. The Kier molecular flexibility index (Phi) is 6.04. The smallest absolute Gasteiger partial charge is 0.336 e. The predicted octanol–water partition coefficient (Wildman–Crippen LogP) is 3.84. The second kappa shape index (κ2) is 9.04. The molecule has 0 atom stereocenters. The Bertz CT molecular complexity index is 1030. The van der Waals surface area contributed by atoms with Crippen molar-refractivity contribution in [2.75, 3.05) is 25.6 Å². The van der Waals surface area contributed by atoms with Crippen LogP contribution < -0.4 is 10.1 Å². The van der Waals surface area contributed by atoms with Crippen LogP contribution >= 0.6 is 0 Å². The highest BCUT2D eigenvalue weighted by atomic mass is 19.1. The van der Waals surface area contributed by atoms with Gasteiger partial charge in [0.1, 0.15) is 12.4 Å². The van der Waals surface area contributed by atoms with E-state index in [1.54, 1.807) is 23.9 Å². The average Bonchev–Trinajstić information content (AvgIpc) is 3.11. The molecule has 0 radical (unpaired) electrons. The monoisotopic (exact) mass is 410 g/mol. The Labute approximate surface area is 173 Å². The molecule has 1 N–H and O–H groups in total. The first-order valence-corrected chi connectivity index (χ1v) is 9.90. The van der Waals surface area contributed by atoms with E-state index < -0.39 is 0 Å². The lowest BCUT2D eigenvalue weighted by Crippen LogP contribution is -2.28. The van der Waals surface area contributed by atoms with Crippen molar-refractivity contribution in [1.29, 1.82) is 0 Å². The number of halogens is 1. The van der Waals surface area contributed by atoms with E-state index in [1.165, 1.54) is 12.1 Å². The SMILES string of the molecule is COCCOc1nc(-c2cccc(F)c2)n(-c2cccc(NC(=O)C3CCC3)c2)n1. The van der Waals surface area contributed by atoms with E-state index >= 15 is 0 Å². The summed E-state index contributed by atoms with van der Waals surface area (Å²) in [4.78, 5) is 16.7. The lowest BCUT2D eigenvalue weighted by Gasteiger charge is -2.24. The molecule has 1 fully saturated rings. The summed E-state index contributed by atoms with van der Waals surface area (Å²) >= 11 is 0. The minimum Gasteiger partial charge on any atom is -0.460 e. The normalized spacial score (nSPS) is 13.7. The van der Waals surface area contributed by atoms with E-state index in [4.69, 9.17) is 9.47 Å². The molecule has 0 aliphatic heterocycles. The number of amides is 1. The van der Waals surface area contributed by atoms with Crippen LogP contribution in [0, 0.1) is 11.7 Å². The molecule has 3 aromatic rings. The third-order valence-corrected chi connectivity index (χ3v) is 5.02. The summed E-state index contributed by atoms with van der Waals surface area (Å²) in [5, 5.41) is 7.40. The summed E-state index contributed by atoms with van der Waals surface area (Å²) in [6.07, 6.45) is 2.96. The molecule has 4 rings (SSSR count). The molecule has 30 heavy (non-hydrogen) atoms. The van der Waals surface area contributed by atoms with Gasteiger partial charge in [-0.25, -0.2) is 9.07 Å². The molecule has 1 aliphatic carbocycles. The number of carbonyl (C=O) groups is 1. The summed E-state index contributed by atoms with van der Waals surface area (Å²) in [6.45, 7) is 0.688. The van der Waals surface area contributed by atoms with E-state index in [0.717, 1.165) is 19.3 Å². The van der Waals surface area contributed by atoms with Gasteiger partial charge in [0.25, 0.3) is 0 Å². The molecule has 1 saturated carbocycles. The van der Waals surface area contributed by atoms with Gasteiger partial charge in [-0.15, -0.1) is 5.10 Å². The number of rotatable bonds is 8. The number of nitrogens with one attached hydrogen (secondary N) is 1. The molecule has 1 amide bonds. The molecule has 8 heteroatoms. The van der Waals surface area contributed by atoms with E-state index in [0.29, 0.717) is 36.0 Å². The zero-order chi connectivity index (χ0) is 20.9. The minimum absolute atomic E-state index is 0.0333. The quantitative estimate of drug-likeness (QED) is 0.571. The first kappa shape index (κ1) is 20.0. The molecule has 0 spiro atoms. The van der Waals surface area contributed by atoms with Crippen molar-refractivity contribution in [3.05, 3.63) is 54.3 Å². The van der Waals surface area contributed by atoms with Crippen LogP contribution in [0.2, 0.25) is 0 Å². The molecule has 0 unspecified atom stereocenters. The van der Waals surface area contributed by atoms with Gasteiger partial charge in [-0.2, -0.15) is 4.98 Å². The summed E-state index contributed by atoms with van der Waals surface area (Å²) in [5.41, 5.74) is 1.91. The number of methoxy groups -OCH3 is 1. The van der Waals surface area contributed by atoms with E-state index in [-0.39, 0.29) is 23.7 Å². The molecule has 1 aromatic heterocycles.